The number of hydrogen-bond donors (Lipinski definition) is 4. The fourth-order valence-corrected chi connectivity index (χ4v) is 7.53. The van der Waals surface area contributed by atoms with Gasteiger partial charge in [-0.2, -0.15) is 0 Å². The maximum atomic E-state index is 13.0. The number of nitrogens with two attached hydrogens (primary N) is 1. The molecule has 1 saturated heterocycles. The van der Waals surface area contributed by atoms with E-state index in [1.54, 1.807) is 23.7 Å². The minimum absolute atomic E-state index is 0.0155. The number of sulfone groups is 1. The van der Waals surface area contributed by atoms with E-state index >= 15 is 0 Å². The number of hydrogen-bond acceptors (Lipinski definition) is 7. The van der Waals surface area contributed by atoms with Crippen molar-refractivity contribution in [3.05, 3.63) is 41.3 Å². The molecule has 2 heterocycles. The molecular weight excluding hydrogens is 426 g/mol. The van der Waals surface area contributed by atoms with E-state index in [9.17, 15) is 18.0 Å². The Morgan fingerprint density at radius 2 is 1.97 bits per heavy atom. The van der Waals surface area contributed by atoms with Gasteiger partial charge in [-0.15, -0.1) is 11.3 Å². The summed E-state index contributed by atoms with van der Waals surface area (Å²) in [6, 6.07) is 10.8. The van der Waals surface area contributed by atoms with Crippen LogP contribution in [-0.4, -0.2) is 37.7 Å². The van der Waals surface area contributed by atoms with Gasteiger partial charge in [0.2, 0.25) is 11.8 Å². The van der Waals surface area contributed by atoms with Crippen molar-refractivity contribution in [1.82, 2.24) is 5.48 Å². The molecule has 1 aliphatic heterocycles. The summed E-state index contributed by atoms with van der Waals surface area (Å²) in [5.74, 6) is -0.884. The number of rotatable bonds is 7. The van der Waals surface area contributed by atoms with Gasteiger partial charge in [-0.3, -0.25) is 14.8 Å². The Hall–Kier alpha value is -2.27. The number of amides is 2. The molecule has 0 bridgehead atoms. The molecule has 5 N–H and O–H groups in total. The predicted octanol–water partition coefficient (Wildman–Crippen LogP) is 2.39. The van der Waals surface area contributed by atoms with Crippen molar-refractivity contribution in [1.29, 1.82) is 0 Å². The summed E-state index contributed by atoms with van der Waals surface area (Å²) >= 11 is 1.31. The van der Waals surface area contributed by atoms with Crippen molar-refractivity contribution in [2.75, 3.05) is 17.6 Å². The number of benzene rings is 1. The molecule has 1 aromatic carbocycles. The third kappa shape index (κ3) is 4.56. The van der Waals surface area contributed by atoms with Crippen LogP contribution in [0.5, 0.6) is 0 Å². The Bertz CT molecular complexity index is 1030. The highest BCUT2D eigenvalue weighted by Crippen LogP contribution is 2.47. The van der Waals surface area contributed by atoms with E-state index in [1.165, 1.54) is 11.3 Å². The molecule has 1 aromatic heterocycles. The number of hydroxylamine groups is 1. The second-order valence-corrected chi connectivity index (χ2v) is 10.8. The van der Waals surface area contributed by atoms with E-state index in [-0.39, 0.29) is 31.0 Å². The van der Waals surface area contributed by atoms with Crippen molar-refractivity contribution in [2.24, 2.45) is 5.73 Å². The number of carbonyl (C=O) groups excluding carboxylic acids is 2. The lowest BCUT2D eigenvalue weighted by Gasteiger charge is -2.35. The molecule has 0 saturated carbocycles. The maximum absolute atomic E-state index is 13.0. The number of carbonyl (C=O) groups is 2. The Morgan fingerprint density at radius 3 is 2.67 bits per heavy atom. The van der Waals surface area contributed by atoms with Gasteiger partial charge in [-0.05, 0) is 42.7 Å². The van der Waals surface area contributed by atoms with E-state index in [1.807, 2.05) is 18.2 Å². The van der Waals surface area contributed by atoms with E-state index in [0.717, 1.165) is 10.4 Å². The minimum Gasteiger partial charge on any atom is -0.330 e. The smallest absolute Gasteiger partial charge is 0.245 e. The summed E-state index contributed by atoms with van der Waals surface area (Å²) in [4.78, 5) is 25.2. The van der Waals surface area contributed by atoms with Gasteiger partial charge in [-0.25, -0.2) is 13.9 Å². The van der Waals surface area contributed by atoms with Crippen molar-refractivity contribution in [3.63, 3.8) is 0 Å². The molecule has 2 amide bonds. The average molecular weight is 452 g/mol. The van der Waals surface area contributed by atoms with E-state index in [2.05, 4.69) is 5.32 Å². The molecule has 1 aliphatic rings. The first-order valence-electron chi connectivity index (χ1n) is 9.67. The average Bonchev–Trinajstić information content (AvgIpc) is 3.20. The van der Waals surface area contributed by atoms with Gasteiger partial charge < -0.3 is 11.1 Å². The first kappa shape index (κ1) is 22.4. The van der Waals surface area contributed by atoms with E-state index in [0.29, 0.717) is 29.8 Å². The fraction of sp³-hybridized carbons (Fsp3) is 0.400. The quantitative estimate of drug-likeness (QED) is 0.377. The van der Waals surface area contributed by atoms with Gasteiger partial charge in [0, 0.05) is 28.4 Å². The summed E-state index contributed by atoms with van der Waals surface area (Å²) < 4.78 is 24.7. The first-order valence-corrected chi connectivity index (χ1v) is 12.1. The van der Waals surface area contributed by atoms with Crippen LogP contribution >= 0.6 is 11.3 Å². The molecule has 1 fully saturated rings. The van der Waals surface area contributed by atoms with Gasteiger partial charge in [0.1, 0.15) is 4.75 Å². The Balaban J connectivity index is 1.95. The predicted molar refractivity (Wildman–Crippen MR) is 116 cm³/mol. The SMILES string of the molecule is NCCC(=O)Nc1cccc(-c2ccc([C@@]3(CC(=O)NO)CCCCS3(=O)=O)s2)c1. The van der Waals surface area contributed by atoms with Crippen LogP contribution in [0.3, 0.4) is 0 Å². The van der Waals surface area contributed by atoms with Crippen LogP contribution in [0.15, 0.2) is 36.4 Å². The van der Waals surface area contributed by atoms with Crippen molar-refractivity contribution in [2.45, 2.75) is 36.9 Å². The van der Waals surface area contributed by atoms with Crippen molar-refractivity contribution in [3.8, 4) is 10.4 Å². The van der Waals surface area contributed by atoms with Gasteiger partial charge in [-0.1, -0.05) is 18.6 Å². The zero-order valence-corrected chi connectivity index (χ0v) is 18.0. The van der Waals surface area contributed by atoms with Crippen LogP contribution in [0, 0.1) is 0 Å². The number of thiophene rings is 1. The van der Waals surface area contributed by atoms with Crippen LogP contribution in [0.4, 0.5) is 5.69 Å². The Kier molecular flexibility index (Phi) is 6.91. The van der Waals surface area contributed by atoms with Crippen LogP contribution in [0.2, 0.25) is 0 Å². The summed E-state index contributed by atoms with van der Waals surface area (Å²) in [6.45, 7) is 0.262. The third-order valence-corrected chi connectivity index (χ3v) is 9.32. The van der Waals surface area contributed by atoms with Gasteiger partial charge in [0.15, 0.2) is 9.84 Å². The fourth-order valence-electron chi connectivity index (χ4n) is 3.76. The third-order valence-electron chi connectivity index (χ3n) is 5.27. The summed E-state index contributed by atoms with van der Waals surface area (Å²) in [5.41, 5.74) is 8.43. The van der Waals surface area contributed by atoms with Crippen LogP contribution in [0.1, 0.15) is 37.0 Å². The summed E-state index contributed by atoms with van der Waals surface area (Å²) in [6.07, 6.45) is 1.49. The molecule has 0 aliphatic carbocycles. The van der Waals surface area contributed by atoms with E-state index in [4.69, 9.17) is 10.9 Å². The van der Waals surface area contributed by atoms with Crippen LogP contribution < -0.4 is 16.5 Å². The molecule has 2 aromatic rings. The Labute approximate surface area is 179 Å². The zero-order valence-electron chi connectivity index (χ0n) is 16.4. The van der Waals surface area contributed by atoms with E-state index < -0.39 is 20.5 Å². The lowest BCUT2D eigenvalue weighted by molar-refractivity contribution is -0.130. The normalized spacial score (nSPS) is 20.5. The highest BCUT2D eigenvalue weighted by molar-refractivity contribution is 7.92. The molecule has 30 heavy (non-hydrogen) atoms. The summed E-state index contributed by atoms with van der Waals surface area (Å²) in [7, 11) is -3.57. The summed E-state index contributed by atoms with van der Waals surface area (Å²) in [5, 5.41) is 11.8. The molecule has 3 rings (SSSR count). The highest BCUT2D eigenvalue weighted by Gasteiger charge is 2.49. The number of anilines is 1. The maximum Gasteiger partial charge on any atom is 0.245 e. The van der Waals surface area contributed by atoms with Gasteiger partial charge in [0.25, 0.3) is 0 Å². The molecule has 162 valence electrons. The molecule has 1 atom stereocenters. The Morgan fingerprint density at radius 1 is 1.17 bits per heavy atom. The second kappa shape index (κ2) is 9.25. The molecule has 8 nitrogen and oxygen atoms in total. The standard InChI is InChI=1S/C20H25N3O5S2/c21-10-8-18(24)22-15-5-3-4-14(12-15)16-6-7-17(29-16)20(13-19(25)23-26)9-1-2-11-30(20,27)28/h3-7,12,26H,1-2,8-11,13,21H2,(H,22,24)(H,23,25)/t20-/m0/s1. The van der Waals surface area contributed by atoms with Gasteiger partial charge >= 0.3 is 0 Å². The zero-order chi connectivity index (χ0) is 21.8. The topological polar surface area (TPSA) is 139 Å². The molecule has 0 unspecified atom stereocenters. The van der Waals surface area contributed by atoms with Crippen LogP contribution in [-0.2, 0) is 24.2 Å². The number of nitrogens with one attached hydrogen (secondary N) is 2. The second-order valence-electron chi connectivity index (χ2n) is 7.31. The lowest BCUT2D eigenvalue weighted by Crippen LogP contribution is -2.43. The van der Waals surface area contributed by atoms with Gasteiger partial charge in [0.05, 0.1) is 12.2 Å². The molecule has 10 heteroatoms. The largest absolute Gasteiger partial charge is 0.330 e. The van der Waals surface area contributed by atoms with Crippen molar-refractivity contribution >= 4 is 38.7 Å². The molecule has 0 radical (unpaired) electrons. The highest BCUT2D eigenvalue weighted by atomic mass is 32.2. The monoisotopic (exact) mass is 451 g/mol. The molecule has 0 spiro atoms. The minimum atomic E-state index is -3.57. The van der Waals surface area contributed by atoms with Crippen LogP contribution in [0.25, 0.3) is 10.4 Å². The van der Waals surface area contributed by atoms with Crippen molar-refractivity contribution < 1.29 is 23.2 Å². The lowest BCUT2D eigenvalue weighted by atomic mass is 9.94. The molecular formula is C20H25N3O5S2. The first-order chi connectivity index (χ1) is 14.3.